The van der Waals surface area contributed by atoms with Gasteiger partial charge in [-0.2, -0.15) is 0 Å². The molecule has 2 aliphatic rings. The normalized spacial score (nSPS) is 13.6. The number of carbonyl (C=O) groups excluding carboxylic acids is 7. The summed E-state index contributed by atoms with van der Waals surface area (Å²) in [6.07, 6.45) is 7.73. The van der Waals surface area contributed by atoms with E-state index in [2.05, 4.69) is 50.8 Å². The number of hydrogen-bond donors (Lipinski definition) is 6. The Morgan fingerprint density at radius 2 is 1.19 bits per heavy atom. The van der Waals surface area contributed by atoms with E-state index in [0.29, 0.717) is 82.1 Å². The second kappa shape index (κ2) is 26.3. The molecule has 0 saturated heterocycles. The summed E-state index contributed by atoms with van der Waals surface area (Å²) >= 11 is 0. The highest BCUT2D eigenvalue weighted by molar-refractivity contribution is 6.12. The van der Waals surface area contributed by atoms with Crippen LogP contribution in [-0.2, 0) is 46.5 Å². The Bertz CT molecular complexity index is 2330. The molecule has 0 bridgehead atoms. The summed E-state index contributed by atoms with van der Waals surface area (Å²) in [5.74, 6) is -2.05. The summed E-state index contributed by atoms with van der Waals surface area (Å²) in [4.78, 5) is 90.8. The molecule has 1 aliphatic carbocycles. The number of aliphatic hydroxyl groups is 1. The van der Waals surface area contributed by atoms with E-state index in [4.69, 9.17) is 4.74 Å². The predicted octanol–water partition coefficient (Wildman–Crippen LogP) is 6.20. The molecule has 0 aromatic heterocycles. The minimum atomic E-state index is -0.983. The monoisotopic (exact) mass is 926 g/mol. The van der Waals surface area contributed by atoms with Crippen LogP contribution in [0.4, 0.5) is 10.5 Å². The average molecular weight is 927 g/mol. The molecule has 68 heavy (non-hydrogen) atoms. The van der Waals surface area contributed by atoms with Gasteiger partial charge >= 0.3 is 6.09 Å². The van der Waals surface area contributed by atoms with E-state index in [-0.39, 0.29) is 68.6 Å². The summed E-state index contributed by atoms with van der Waals surface area (Å²) in [5.41, 5.74) is 6.49. The van der Waals surface area contributed by atoms with Crippen molar-refractivity contribution in [1.29, 1.82) is 0 Å². The molecule has 1 aliphatic heterocycles. The van der Waals surface area contributed by atoms with Crippen LogP contribution in [0.3, 0.4) is 0 Å². The molecule has 358 valence electrons. The number of nitrogens with one attached hydrogen (secondary N) is 5. The number of fused-ring (bicyclic) bond motifs is 3. The number of aliphatic hydroxyl groups excluding tert-OH is 1. The first-order valence-corrected chi connectivity index (χ1v) is 23.6. The first-order valence-electron chi connectivity index (χ1n) is 23.6. The number of nitrogens with zero attached hydrogens (tertiary/aromatic N) is 1. The first-order chi connectivity index (χ1) is 33.1. The van der Waals surface area contributed by atoms with Crippen LogP contribution in [0.5, 0.6) is 0 Å². The van der Waals surface area contributed by atoms with Gasteiger partial charge in [0.05, 0.1) is 6.61 Å². The molecule has 1 heterocycles. The van der Waals surface area contributed by atoms with Gasteiger partial charge in [-0.05, 0) is 90.5 Å². The van der Waals surface area contributed by atoms with Crippen molar-refractivity contribution in [3.8, 4) is 11.1 Å². The maximum Gasteiger partial charge on any atom is 0.407 e. The van der Waals surface area contributed by atoms with Crippen LogP contribution < -0.4 is 26.6 Å². The Morgan fingerprint density at radius 3 is 1.87 bits per heavy atom. The number of amides is 7. The van der Waals surface area contributed by atoms with Gasteiger partial charge in [0.25, 0.3) is 11.8 Å². The van der Waals surface area contributed by atoms with Gasteiger partial charge < -0.3 is 36.4 Å². The van der Waals surface area contributed by atoms with E-state index < -0.39 is 30.0 Å². The number of unbranched alkanes of at least 4 members (excludes halogenated alkanes) is 5. The number of rotatable bonds is 27. The summed E-state index contributed by atoms with van der Waals surface area (Å²) in [6.45, 7) is 1.12. The summed E-state index contributed by atoms with van der Waals surface area (Å²) in [6, 6.07) is 30.3. The van der Waals surface area contributed by atoms with Crippen LogP contribution in [0.1, 0.15) is 98.8 Å². The fourth-order valence-electron chi connectivity index (χ4n) is 8.39. The minimum absolute atomic E-state index is 0.0690. The van der Waals surface area contributed by atoms with Crippen molar-refractivity contribution in [2.45, 2.75) is 102 Å². The largest absolute Gasteiger partial charge is 0.449 e. The lowest BCUT2D eigenvalue weighted by atomic mass is 9.98. The van der Waals surface area contributed by atoms with Crippen LogP contribution in [0.25, 0.3) is 11.1 Å². The first kappa shape index (κ1) is 50.3. The van der Waals surface area contributed by atoms with Crippen molar-refractivity contribution in [3.63, 3.8) is 0 Å². The molecule has 0 fully saturated rings. The topological polar surface area (TPSA) is 212 Å². The number of anilines is 1. The third-order valence-electron chi connectivity index (χ3n) is 12.1. The van der Waals surface area contributed by atoms with Crippen molar-refractivity contribution >= 4 is 47.2 Å². The van der Waals surface area contributed by atoms with Crippen LogP contribution in [-0.4, -0.2) is 89.9 Å². The number of benzene rings is 4. The van der Waals surface area contributed by atoms with E-state index >= 15 is 0 Å². The van der Waals surface area contributed by atoms with Crippen LogP contribution in [0.15, 0.2) is 115 Å². The van der Waals surface area contributed by atoms with Crippen LogP contribution >= 0.6 is 0 Å². The van der Waals surface area contributed by atoms with Crippen molar-refractivity contribution in [1.82, 2.24) is 26.2 Å². The van der Waals surface area contributed by atoms with Crippen LogP contribution in [0.2, 0.25) is 0 Å². The molecule has 4 aromatic carbocycles. The molecular weight excluding hydrogens is 865 g/mol. The smallest absolute Gasteiger partial charge is 0.407 e. The zero-order valence-corrected chi connectivity index (χ0v) is 38.4. The number of ether oxygens (including phenoxy) is 1. The fraction of sp³-hybridized carbons (Fsp3) is 0.377. The van der Waals surface area contributed by atoms with Gasteiger partial charge in [0.2, 0.25) is 23.6 Å². The van der Waals surface area contributed by atoms with Gasteiger partial charge in [0.1, 0.15) is 18.7 Å². The van der Waals surface area contributed by atoms with E-state index in [9.17, 15) is 38.7 Å². The third kappa shape index (κ3) is 15.2. The molecule has 15 heteroatoms. The van der Waals surface area contributed by atoms with E-state index in [1.165, 1.54) is 17.1 Å². The number of imide groups is 1. The molecule has 0 spiro atoms. The van der Waals surface area contributed by atoms with Gasteiger partial charge in [0, 0.05) is 62.7 Å². The molecule has 0 saturated carbocycles. The highest BCUT2D eigenvalue weighted by atomic mass is 16.5. The Hall–Kier alpha value is -7.13. The zero-order valence-electron chi connectivity index (χ0n) is 38.4. The summed E-state index contributed by atoms with van der Waals surface area (Å²) in [5, 5.41) is 23.8. The molecule has 6 N–H and O–H groups in total. The summed E-state index contributed by atoms with van der Waals surface area (Å²) in [7, 11) is 0. The standard InChI is InChI=1S/C53H62N6O9/c60-35-38-25-27-39(28-26-38)56-51(65)45(22-12-14-32-55-53(67)68-36-44-42-20-10-8-18-40(42)41-19-9-11-21-43(41)44)58-52(66)46(34-37-16-4-1-5-17-37)57-48(62)24-6-2-13-31-54-47(61)23-7-3-15-33-59-49(63)29-30-50(59)64/h1,4-5,8-11,16-21,25-30,44-46,60H,2-3,6-7,12-15,22-24,31-36H2,(H,54,61)(H,55,67)(H,56,65)(H,57,62)(H,58,66). The lowest BCUT2D eigenvalue weighted by molar-refractivity contribution is -0.137. The highest BCUT2D eigenvalue weighted by Crippen LogP contribution is 2.44. The van der Waals surface area contributed by atoms with E-state index in [1.54, 1.807) is 24.3 Å². The van der Waals surface area contributed by atoms with Crippen molar-refractivity contribution in [3.05, 3.63) is 138 Å². The third-order valence-corrected chi connectivity index (χ3v) is 12.1. The Labute approximate surface area is 397 Å². The van der Waals surface area contributed by atoms with Gasteiger partial charge in [-0.25, -0.2) is 4.79 Å². The lowest BCUT2D eigenvalue weighted by Gasteiger charge is -2.24. The van der Waals surface area contributed by atoms with Gasteiger partial charge in [0.15, 0.2) is 0 Å². The number of hydrogen-bond acceptors (Lipinski definition) is 9. The molecule has 7 amide bonds. The Balaban J connectivity index is 0.952. The second-order valence-electron chi connectivity index (χ2n) is 17.1. The lowest BCUT2D eigenvalue weighted by Crippen LogP contribution is -2.53. The highest BCUT2D eigenvalue weighted by Gasteiger charge is 2.30. The Kier molecular flexibility index (Phi) is 19.4. The second-order valence-corrected chi connectivity index (χ2v) is 17.1. The van der Waals surface area contributed by atoms with Crippen molar-refractivity contribution < 1.29 is 43.4 Å². The molecule has 4 aromatic rings. The van der Waals surface area contributed by atoms with E-state index in [1.807, 2.05) is 54.6 Å². The minimum Gasteiger partial charge on any atom is -0.449 e. The maximum absolute atomic E-state index is 14.0. The fourth-order valence-corrected chi connectivity index (χ4v) is 8.39. The van der Waals surface area contributed by atoms with Gasteiger partial charge in [-0.1, -0.05) is 104 Å². The van der Waals surface area contributed by atoms with Crippen molar-refractivity contribution in [2.24, 2.45) is 0 Å². The average Bonchev–Trinajstić information content (AvgIpc) is 3.85. The van der Waals surface area contributed by atoms with Gasteiger partial charge in [-0.3, -0.25) is 33.7 Å². The SMILES string of the molecule is O=C(CCCCCN1C(=O)C=CC1=O)NCCCCCC(=O)NC(Cc1ccccc1)C(=O)NC(CCCCNC(=O)OCC1c2ccccc2-c2ccccc21)C(=O)Nc1ccc(CO)cc1. The zero-order chi connectivity index (χ0) is 48.1. The van der Waals surface area contributed by atoms with Crippen LogP contribution in [0, 0.1) is 0 Å². The molecular formula is C53H62N6O9. The van der Waals surface area contributed by atoms with E-state index in [0.717, 1.165) is 27.8 Å². The molecule has 0 radical (unpaired) electrons. The molecule has 15 nitrogen and oxygen atoms in total. The molecule has 2 atom stereocenters. The summed E-state index contributed by atoms with van der Waals surface area (Å²) < 4.78 is 5.68. The Morgan fingerprint density at radius 1 is 0.588 bits per heavy atom. The number of alkyl carbamates (subject to hydrolysis) is 1. The quantitative estimate of drug-likeness (QED) is 0.0297. The molecule has 2 unspecified atom stereocenters. The maximum atomic E-state index is 14.0. The predicted molar refractivity (Wildman–Crippen MR) is 258 cm³/mol. The molecule has 6 rings (SSSR count). The number of carbonyl (C=O) groups is 7. The van der Waals surface area contributed by atoms with Crippen molar-refractivity contribution in [2.75, 3.05) is 31.6 Å². The van der Waals surface area contributed by atoms with Gasteiger partial charge in [-0.15, -0.1) is 0 Å².